The van der Waals surface area contributed by atoms with Crippen molar-refractivity contribution in [3.8, 4) is 5.75 Å². The molecule has 0 fully saturated rings. The topological polar surface area (TPSA) is 20.2 Å². The zero-order chi connectivity index (χ0) is 17.3. The average molecular weight is 319 g/mol. The molecular formula is C22H38O. The zero-order valence-corrected chi connectivity index (χ0v) is 16.2. The van der Waals surface area contributed by atoms with Crippen molar-refractivity contribution in [3.05, 3.63) is 28.8 Å². The van der Waals surface area contributed by atoms with E-state index in [0.717, 1.165) is 17.5 Å². The summed E-state index contributed by atoms with van der Waals surface area (Å²) in [6, 6.07) is 4.38. The van der Waals surface area contributed by atoms with Gasteiger partial charge in [0.15, 0.2) is 0 Å². The minimum atomic E-state index is 0.00332. The molecule has 1 heteroatoms. The van der Waals surface area contributed by atoms with Gasteiger partial charge in [-0.15, -0.1) is 0 Å². The van der Waals surface area contributed by atoms with E-state index in [2.05, 4.69) is 39.8 Å². The molecule has 0 saturated heterocycles. The van der Waals surface area contributed by atoms with Gasteiger partial charge in [-0.2, -0.15) is 0 Å². The highest BCUT2D eigenvalue weighted by atomic mass is 16.3. The van der Waals surface area contributed by atoms with Crippen molar-refractivity contribution in [2.24, 2.45) is 0 Å². The molecule has 0 aliphatic rings. The molecule has 0 aromatic heterocycles. The van der Waals surface area contributed by atoms with Crippen LogP contribution in [0.1, 0.15) is 102 Å². The molecule has 0 bridgehead atoms. The van der Waals surface area contributed by atoms with Crippen LogP contribution in [0.15, 0.2) is 12.1 Å². The molecule has 0 atom stereocenters. The number of unbranched alkanes of at least 4 members (excludes halogenated alkanes) is 8. The predicted molar refractivity (Wildman–Crippen MR) is 102 cm³/mol. The number of aryl methyl sites for hydroxylation is 2. The van der Waals surface area contributed by atoms with Gasteiger partial charge in [0.2, 0.25) is 0 Å². The van der Waals surface area contributed by atoms with E-state index in [0.29, 0.717) is 5.75 Å². The highest BCUT2D eigenvalue weighted by Crippen LogP contribution is 2.34. The van der Waals surface area contributed by atoms with Crippen molar-refractivity contribution in [1.82, 2.24) is 0 Å². The highest BCUT2D eigenvalue weighted by Gasteiger charge is 2.19. The standard InChI is InChI=1S/C22H38O/c1-6-7-8-9-10-11-12-13-14-15-19-16-18(2)21(23)20(17-19)22(3,4)5/h16-17,23H,6-15H2,1-5H3. The van der Waals surface area contributed by atoms with Gasteiger partial charge < -0.3 is 5.11 Å². The van der Waals surface area contributed by atoms with Crippen LogP contribution >= 0.6 is 0 Å². The third-order valence-corrected chi connectivity index (χ3v) is 4.74. The highest BCUT2D eigenvalue weighted by molar-refractivity contribution is 5.46. The second kappa shape index (κ2) is 10.0. The number of rotatable bonds is 10. The van der Waals surface area contributed by atoms with E-state index in [1.165, 1.54) is 63.4 Å². The first-order valence-corrected chi connectivity index (χ1v) is 9.69. The van der Waals surface area contributed by atoms with Crippen LogP contribution in [-0.2, 0) is 11.8 Å². The Morgan fingerprint density at radius 2 is 1.35 bits per heavy atom. The lowest BCUT2D eigenvalue weighted by atomic mass is 9.83. The lowest BCUT2D eigenvalue weighted by Gasteiger charge is -2.22. The average Bonchev–Trinajstić information content (AvgIpc) is 2.47. The molecule has 1 aromatic rings. The molecule has 0 amide bonds. The first-order valence-electron chi connectivity index (χ1n) is 9.69. The summed E-state index contributed by atoms with van der Waals surface area (Å²) in [5, 5.41) is 10.3. The van der Waals surface area contributed by atoms with Gasteiger partial charge in [0.1, 0.15) is 5.75 Å². The van der Waals surface area contributed by atoms with Crippen molar-refractivity contribution in [1.29, 1.82) is 0 Å². The van der Waals surface area contributed by atoms with Crippen molar-refractivity contribution < 1.29 is 5.11 Å². The summed E-state index contributed by atoms with van der Waals surface area (Å²) in [6.07, 6.45) is 13.5. The van der Waals surface area contributed by atoms with Crippen molar-refractivity contribution in [3.63, 3.8) is 0 Å². The molecule has 1 rings (SSSR count). The SMILES string of the molecule is CCCCCCCCCCCc1cc(C)c(O)c(C(C)(C)C)c1. The Labute approximate surface area is 144 Å². The van der Waals surface area contributed by atoms with Crippen LogP contribution in [0.25, 0.3) is 0 Å². The monoisotopic (exact) mass is 318 g/mol. The van der Waals surface area contributed by atoms with Gasteiger partial charge in [-0.3, -0.25) is 0 Å². The van der Waals surface area contributed by atoms with E-state index in [9.17, 15) is 5.11 Å². The third kappa shape index (κ3) is 7.42. The Bertz CT molecular complexity index is 454. The van der Waals surface area contributed by atoms with Crippen LogP contribution < -0.4 is 0 Å². The molecule has 132 valence electrons. The third-order valence-electron chi connectivity index (χ3n) is 4.74. The Hall–Kier alpha value is -0.980. The molecule has 0 spiro atoms. The van der Waals surface area contributed by atoms with Crippen LogP contribution in [0, 0.1) is 6.92 Å². The molecule has 23 heavy (non-hydrogen) atoms. The molecule has 1 N–H and O–H groups in total. The smallest absolute Gasteiger partial charge is 0.122 e. The van der Waals surface area contributed by atoms with Gasteiger partial charge >= 0.3 is 0 Å². The van der Waals surface area contributed by atoms with E-state index in [4.69, 9.17) is 0 Å². The molecule has 0 heterocycles. The number of hydrogen-bond acceptors (Lipinski definition) is 1. The zero-order valence-electron chi connectivity index (χ0n) is 16.2. The van der Waals surface area contributed by atoms with E-state index in [-0.39, 0.29) is 5.41 Å². The molecule has 1 nitrogen and oxygen atoms in total. The van der Waals surface area contributed by atoms with Crippen molar-refractivity contribution in [2.45, 2.75) is 104 Å². The number of phenols is 1. The quantitative estimate of drug-likeness (QED) is 0.457. The van der Waals surface area contributed by atoms with Gasteiger partial charge in [0.25, 0.3) is 0 Å². The van der Waals surface area contributed by atoms with Gasteiger partial charge in [-0.25, -0.2) is 0 Å². The van der Waals surface area contributed by atoms with Crippen LogP contribution in [0.3, 0.4) is 0 Å². The predicted octanol–water partition coefficient (Wildman–Crippen LogP) is 7.07. The van der Waals surface area contributed by atoms with Crippen LogP contribution in [-0.4, -0.2) is 5.11 Å². The number of benzene rings is 1. The number of hydrogen-bond donors (Lipinski definition) is 1. The van der Waals surface area contributed by atoms with E-state index in [1.54, 1.807) is 0 Å². The first kappa shape index (κ1) is 20.1. The van der Waals surface area contributed by atoms with Crippen LogP contribution in [0.5, 0.6) is 5.75 Å². The minimum Gasteiger partial charge on any atom is -0.507 e. The largest absolute Gasteiger partial charge is 0.507 e. The number of phenolic OH excluding ortho intramolecular Hbond substituents is 1. The summed E-state index contributed by atoms with van der Waals surface area (Å²) in [4.78, 5) is 0. The summed E-state index contributed by atoms with van der Waals surface area (Å²) in [6.45, 7) is 10.8. The molecule has 0 saturated carbocycles. The molecule has 0 aliphatic heterocycles. The molecule has 0 unspecified atom stereocenters. The van der Waals surface area contributed by atoms with E-state index < -0.39 is 0 Å². The number of aromatic hydroxyl groups is 1. The molecule has 0 radical (unpaired) electrons. The van der Waals surface area contributed by atoms with Crippen LogP contribution in [0.2, 0.25) is 0 Å². The summed E-state index contributed by atoms with van der Waals surface area (Å²) < 4.78 is 0. The molecular weight excluding hydrogens is 280 g/mol. The lowest BCUT2D eigenvalue weighted by molar-refractivity contribution is 0.442. The van der Waals surface area contributed by atoms with E-state index in [1.807, 2.05) is 6.92 Å². The van der Waals surface area contributed by atoms with Gasteiger partial charge in [-0.05, 0) is 41.9 Å². The van der Waals surface area contributed by atoms with Crippen molar-refractivity contribution >= 4 is 0 Å². The Morgan fingerprint density at radius 3 is 1.87 bits per heavy atom. The molecule has 1 aromatic carbocycles. The van der Waals surface area contributed by atoms with Gasteiger partial charge in [-0.1, -0.05) is 91.2 Å². The summed E-state index contributed by atoms with van der Waals surface area (Å²) in [5.74, 6) is 0.480. The summed E-state index contributed by atoms with van der Waals surface area (Å²) >= 11 is 0. The van der Waals surface area contributed by atoms with E-state index >= 15 is 0 Å². The fourth-order valence-corrected chi connectivity index (χ4v) is 3.21. The second-order valence-electron chi connectivity index (χ2n) is 8.14. The van der Waals surface area contributed by atoms with Crippen molar-refractivity contribution in [2.75, 3.05) is 0 Å². The molecule has 0 aliphatic carbocycles. The van der Waals surface area contributed by atoms with Gasteiger partial charge in [0, 0.05) is 0 Å². The maximum absolute atomic E-state index is 10.3. The summed E-state index contributed by atoms with van der Waals surface area (Å²) in [7, 11) is 0. The fraction of sp³-hybridized carbons (Fsp3) is 0.727. The Balaban J connectivity index is 2.34. The maximum Gasteiger partial charge on any atom is 0.122 e. The maximum atomic E-state index is 10.3. The normalized spacial score (nSPS) is 11.9. The second-order valence-corrected chi connectivity index (χ2v) is 8.14. The van der Waals surface area contributed by atoms with Crippen LogP contribution in [0.4, 0.5) is 0 Å². The Morgan fingerprint density at radius 1 is 0.826 bits per heavy atom. The minimum absolute atomic E-state index is 0.00332. The Kier molecular flexibility index (Phi) is 8.73. The summed E-state index contributed by atoms with van der Waals surface area (Å²) in [5.41, 5.74) is 3.49. The lowest BCUT2D eigenvalue weighted by Crippen LogP contribution is -2.12. The first-order chi connectivity index (χ1) is 10.9. The fourth-order valence-electron chi connectivity index (χ4n) is 3.21. The van der Waals surface area contributed by atoms with Gasteiger partial charge in [0.05, 0.1) is 0 Å².